The molecule has 8 heteroatoms. The van der Waals surface area contributed by atoms with Gasteiger partial charge in [-0.1, -0.05) is 71.7 Å². The molecular weight excluding hydrogens is 582 g/mol. The van der Waals surface area contributed by atoms with Crippen LogP contribution in [0.3, 0.4) is 0 Å². The fourth-order valence-electron chi connectivity index (χ4n) is 3.25. The number of aliphatic imine (C=N–C) groups is 1. The Balaban J connectivity index is 0.00000324. The van der Waals surface area contributed by atoms with Crippen LogP contribution in [0.15, 0.2) is 95.0 Å². The van der Waals surface area contributed by atoms with E-state index in [2.05, 4.69) is 10.3 Å². The average Bonchev–Trinajstić information content (AvgIpc) is 3.37. The van der Waals surface area contributed by atoms with Crippen LogP contribution in [-0.4, -0.2) is 30.5 Å². The summed E-state index contributed by atoms with van der Waals surface area (Å²) in [7, 11) is 0. The number of carbonyl (C=O) groups is 1. The second kappa shape index (κ2) is 12.7. The quantitative estimate of drug-likeness (QED) is 0.150. The summed E-state index contributed by atoms with van der Waals surface area (Å²) in [5.41, 5.74) is 3.00. The lowest BCUT2D eigenvalue weighted by Gasteiger charge is -2.20. The second-order valence-corrected chi connectivity index (χ2v) is 8.25. The van der Waals surface area contributed by atoms with Gasteiger partial charge in [0.25, 0.3) is 0 Å². The van der Waals surface area contributed by atoms with E-state index in [0.29, 0.717) is 34.7 Å². The molecule has 5 nitrogen and oxygen atoms in total. The van der Waals surface area contributed by atoms with E-state index in [1.54, 1.807) is 35.4 Å². The molecular formula is C26H23Cl2IN4O. The Hall–Kier alpha value is -2.68. The Morgan fingerprint density at radius 3 is 2.24 bits per heavy atom. The number of carbonyl (C=O) groups excluding carboxylic acids is 1. The van der Waals surface area contributed by atoms with E-state index in [1.165, 1.54) is 6.08 Å². The van der Waals surface area contributed by atoms with Gasteiger partial charge >= 0.3 is 0 Å². The average molecular weight is 605 g/mol. The number of nitrogens with one attached hydrogen (secondary N) is 1. The maximum Gasteiger partial charge on any atom is 0.219 e. The van der Waals surface area contributed by atoms with Crippen molar-refractivity contribution in [2.75, 3.05) is 18.1 Å². The zero-order valence-corrected chi connectivity index (χ0v) is 22.0. The van der Waals surface area contributed by atoms with Gasteiger partial charge in [0.1, 0.15) is 5.71 Å². The topological polar surface area (TPSA) is 57.1 Å². The van der Waals surface area contributed by atoms with Crippen molar-refractivity contribution in [1.29, 1.82) is 0 Å². The fourth-order valence-corrected chi connectivity index (χ4v) is 3.51. The molecule has 0 atom stereocenters. The highest BCUT2D eigenvalue weighted by Gasteiger charge is 2.19. The van der Waals surface area contributed by atoms with E-state index in [9.17, 15) is 4.79 Å². The predicted octanol–water partition coefficient (Wildman–Crippen LogP) is 6.26. The van der Waals surface area contributed by atoms with E-state index in [-0.39, 0.29) is 29.8 Å². The number of ketones is 1. The largest absolute Gasteiger partial charge is 0.353 e. The van der Waals surface area contributed by atoms with Gasteiger partial charge in [-0.2, -0.15) is 5.10 Å². The Kier molecular flexibility index (Phi) is 9.68. The Labute approximate surface area is 226 Å². The first kappa shape index (κ1) is 25.9. The molecule has 3 aromatic carbocycles. The second-order valence-electron chi connectivity index (χ2n) is 7.38. The summed E-state index contributed by atoms with van der Waals surface area (Å²) < 4.78 is 0. The first-order valence-electron chi connectivity index (χ1n) is 10.5. The minimum Gasteiger partial charge on any atom is -0.353 e. The number of nitrogens with zero attached hydrogens (tertiary/aromatic N) is 3. The highest BCUT2D eigenvalue weighted by Crippen LogP contribution is 2.18. The predicted molar refractivity (Wildman–Crippen MR) is 153 cm³/mol. The van der Waals surface area contributed by atoms with Gasteiger partial charge in [0.2, 0.25) is 11.7 Å². The molecule has 0 amide bonds. The molecule has 1 N–H and O–H groups in total. The summed E-state index contributed by atoms with van der Waals surface area (Å²) in [5.74, 6) is 0.420. The molecule has 3 aromatic rings. The zero-order valence-electron chi connectivity index (χ0n) is 18.2. The maximum atomic E-state index is 13.3. The van der Waals surface area contributed by atoms with Gasteiger partial charge in [-0.05, 0) is 53.6 Å². The van der Waals surface area contributed by atoms with Crippen molar-refractivity contribution >= 4 is 76.4 Å². The molecule has 34 heavy (non-hydrogen) atoms. The molecule has 0 saturated carbocycles. The SMILES string of the molecule is I.O=C(C=Cc1ccc(Cl)cc1)C(Cc1ccc(Cl)cc1)=NN(C1=NCCN1)c1ccccc1. The van der Waals surface area contributed by atoms with Crippen molar-refractivity contribution in [2.45, 2.75) is 6.42 Å². The fraction of sp³-hybridized carbons (Fsp3) is 0.115. The van der Waals surface area contributed by atoms with Crippen LogP contribution in [0.4, 0.5) is 5.69 Å². The first-order valence-corrected chi connectivity index (χ1v) is 11.3. The van der Waals surface area contributed by atoms with Gasteiger partial charge in [0.15, 0.2) is 0 Å². The summed E-state index contributed by atoms with van der Waals surface area (Å²) in [5, 5.41) is 11.0. The van der Waals surface area contributed by atoms with Crippen LogP contribution < -0.4 is 10.3 Å². The van der Waals surface area contributed by atoms with Gasteiger partial charge < -0.3 is 5.32 Å². The third kappa shape index (κ3) is 7.16. The van der Waals surface area contributed by atoms with Crippen molar-refractivity contribution in [2.24, 2.45) is 10.1 Å². The number of hydrazone groups is 1. The zero-order chi connectivity index (χ0) is 23.0. The molecule has 1 aliphatic rings. The molecule has 174 valence electrons. The summed E-state index contributed by atoms with van der Waals surface area (Å²) in [4.78, 5) is 17.8. The number of allylic oxidation sites excluding steroid dienone is 1. The number of halogens is 3. The lowest BCUT2D eigenvalue weighted by Crippen LogP contribution is -2.37. The Morgan fingerprint density at radius 1 is 0.971 bits per heavy atom. The molecule has 0 spiro atoms. The molecule has 0 aromatic heterocycles. The van der Waals surface area contributed by atoms with E-state index in [1.807, 2.05) is 54.6 Å². The highest BCUT2D eigenvalue weighted by atomic mass is 127. The van der Waals surface area contributed by atoms with Gasteiger partial charge in [0, 0.05) is 23.0 Å². The van der Waals surface area contributed by atoms with Crippen LogP contribution in [0.5, 0.6) is 0 Å². The molecule has 1 heterocycles. The summed E-state index contributed by atoms with van der Waals surface area (Å²) in [6.45, 7) is 1.39. The lowest BCUT2D eigenvalue weighted by molar-refractivity contribution is -0.108. The van der Waals surface area contributed by atoms with Gasteiger partial charge in [-0.15, -0.1) is 24.0 Å². The molecule has 0 radical (unpaired) electrons. The van der Waals surface area contributed by atoms with Gasteiger partial charge in [0.05, 0.1) is 12.2 Å². The Bertz CT molecular complexity index is 1190. The number of guanidine groups is 1. The van der Waals surface area contributed by atoms with E-state index < -0.39 is 0 Å². The molecule has 0 saturated heterocycles. The molecule has 0 aliphatic carbocycles. The van der Waals surface area contributed by atoms with E-state index in [4.69, 9.17) is 28.3 Å². The minimum atomic E-state index is -0.195. The smallest absolute Gasteiger partial charge is 0.219 e. The van der Waals surface area contributed by atoms with Crippen molar-refractivity contribution in [3.8, 4) is 0 Å². The van der Waals surface area contributed by atoms with Crippen LogP contribution in [0.25, 0.3) is 6.08 Å². The number of para-hydroxylation sites is 1. The van der Waals surface area contributed by atoms with Crippen molar-refractivity contribution in [1.82, 2.24) is 5.32 Å². The number of anilines is 1. The summed E-state index contributed by atoms with van der Waals surface area (Å²) in [6.07, 6.45) is 3.64. The normalized spacial score (nSPS) is 13.2. The van der Waals surface area contributed by atoms with Crippen LogP contribution in [-0.2, 0) is 11.2 Å². The number of rotatable bonds is 7. The molecule has 0 unspecified atom stereocenters. The standard InChI is InChI=1S/C26H22Cl2N4O.HI/c27-21-11-6-19(7-12-21)10-15-25(33)24(18-20-8-13-22(28)14-9-20)31-32(26-29-16-17-30-26)23-4-2-1-3-5-23;/h1-15H,16-18H2,(H,29,30);1H. The Morgan fingerprint density at radius 2 is 1.62 bits per heavy atom. The lowest BCUT2D eigenvalue weighted by atomic mass is 10.0. The maximum absolute atomic E-state index is 13.3. The van der Waals surface area contributed by atoms with Crippen LogP contribution >= 0.6 is 47.2 Å². The number of hydrogen-bond acceptors (Lipinski definition) is 5. The molecule has 1 aliphatic heterocycles. The summed E-state index contributed by atoms with van der Waals surface area (Å²) >= 11 is 12.0. The highest BCUT2D eigenvalue weighted by molar-refractivity contribution is 14.0. The van der Waals surface area contributed by atoms with Crippen molar-refractivity contribution in [3.05, 3.63) is 106 Å². The first-order chi connectivity index (χ1) is 16.1. The third-order valence-corrected chi connectivity index (χ3v) is 5.45. The van der Waals surface area contributed by atoms with Crippen LogP contribution in [0.1, 0.15) is 11.1 Å². The molecule has 0 fully saturated rings. The van der Waals surface area contributed by atoms with Gasteiger partial charge in [-0.3, -0.25) is 4.79 Å². The third-order valence-electron chi connectivity index (χ3n) is 4.94. The van der Waals surface area contributed by atoms with Crippen molar-refractivity contribution in [3.63, 3.8) is 0 Å². The van der Waals surface area contributed by atoms with Gasteiger partial charge in [-0.25, -0.2) is 10.0 Å². The molecule has 4 rings (SSSR count). The van der Waals surface area contributed by atoms with E-state index >= 15 is 0 Å². The van der Waals surface area contributed by atoms with E-state index in [0.717, 1.165) is 23.4 Å². The van der Waals surface area contributed by atoms with Crippen LogP contribution in [0, 0.1) is 0 Å². The number of benzene rings is 3. The van der Waals surface area contributed by atoms with Crippen molar-refractivity contribution < 1.29 is 4.79 Å². The minimum absolute atomic E-state index is 0. The number of hydrogen-bond donors (Lipinski definition) is 1. The monoisotopic (exact) mass is 604 g/mol. The van der Waals surface area contributed by atoms with Crippen LogP contribution in [0.2, 0.25) is 10.0 Å². The summed E-state index contributed by atoms with van der Waals surface area (Å²) in [6, 6.07) is 24.3. The molecule has 0 bridgehead atoms.